The molecule has 1 unspecified atom stereocenters. The molecule has 0 aromatic rings. The molecule has 1 N–H and O–H groups in total. The number of amides is 1. The molecule has 1 fully saturated rings. The highest BCUT2D eigenvalue weighted by Crippen LogP contribution is 2.24. The number of halogens is 1. The molecular weight excluding hydrogens is 278 g/mol. The highest BCUT2D eigenvalue weighted by molar-refractivity contribution is 9.09. The quantitative estimate of drug-likeness (QED) is 0.603. The second-order valence-electron chi connectivity index (χ2n) is 5.53. The Morgan fingerprint density at radius 2 is 1.88 bits per heavy atom. The minimum Gasteiger partial charge on any atom is -0.351 e. The molecule has 1 saturated carbocycles. The maximum Gasteiger partial charge on any atom is 0.223 e. The van der Waals surface area contributed by atoms with Gasteiger partial charge in [0.15, 0.2) is 0 Å². The number of hydrogen-bond acceptors (Lipinski definition) is 1. The van der Waals surface area contributed by atoms with Crippen LogP contribution in [-0.2, 0) is 4.79 Å². The Kier molecular flexibility index (Phi) is 6.53. The lowest BCUT2D eigenvalue weighted by molar-refractivity contribution is -0.127. The molecule has 0 aliphatic heterocycles. The van der Waals surface area contributed by atoms with Gasteiger partial charge in [-0.25, -0.2) is 0 Å². The summed E-state index contributed by atoms with van der Waals surface area (Å²) in [6.45, 7) is 4.30. The van der Waals surface area contributed by atoms with Crippen LogP contribution in [0, 0.1) is 5.92 Å². The van der Waals surface area contributed by atoms with Crippen LogP contribution in [0.25, 0.3) is 0 Å². The van der Waals surface area contributed by atoms with Crippen molar-refractivity contribution in [2.75, 3.05) is 5.33 Å². The van der Waals surface area contributed by atoms with Gasteiger partial charge in [-0.2, -0.15) is 0 Å². The lowest BCUT2D eigenvalue weighted by Crippen LogP contribution is -2.48. The van der Waals surface area contributed by atoms with Gasteiger partial charge >= 0.3 is 0 Å². The van der Waals surface area contributed by atoms with E-state index in [4.69, 9.17) is 0 Å². The van der Waals surface area contributed by atoms with E-state index in [0.29, 0.717) is 0 Å². The van der Waals surface area contributed by atoms with Gasteiger partial charge in [-0.05, 0) is 32.6 Å². The average Bonchev–Trinajstić information content (AvgIpc) is 2.57. The van der Waals surface area contributed by atoms with Gasteiger partial charge in [0, 0.05) is 16.8 Å². The van der Waals surface area contributed by atoms with Gasteiger partial charge in [-0.15, -0.1) is 0 Å². The van der Waals surface area contributed by atoms with Crippen molar-refractivity contribution in [3.05, 3.63) is 0 Å². The molecule has 3 heteroatoms. The van der Waals surface area contributed by atoms with E-state index in [1.165, 1.54) is 25.7 Å². The minimum atomic E-state index is -0.0348. The summed E-state index contributed by atoms with van der Waals surface area (Å²) in [5.74, 6) is 0.552. The van der Waals surface area contributed by atoms with Crippen LogP contribution >= 0.6 is 15.9 Å². The molecule has 1 amide bonds. The fourth-order valence-corrected chi connectivity index (χ4v) is 3.35. The van der Waals surface area contributed by atoms with Crippen molar-refractivity contribution in [2.24, 2.45) is 5.92 Å². The highest BCUT2D eigenvalue weighted by atomic mass is 79.9. The van der Waals surface area contributed by atoms with E-state index in [9.17, 15) is 4.79 Å². The molecule has 100 valence electrons. The van der Waals surface area contributed by atoms with E-state index in [-0.39, 0.29) is 17.4 Å². The Bertz CT molecular complexity index is 236. The summed E-state index contributed by atoms with van der Waals surface area (Å²) in [6.07, 6.45) is 9.21. The molecule has 0 bridgehead atoms. The summed E-state index contributed by atoms with van der Waals surface area (Å²) in [6, 6.07) is 0. The Morgan fingerprint density at radius 1 is 1.29 bits per heavy atom. The van der Waals surface area contributed by atoms with E-state index in [1.54, 1.807) is 0 Å². The molecule has 1 rings (SSSR count). The zero-order chi connectivity index (χ0) is 12.7. The largest absolute Gasteiger partial charge is 0.351 e. The molecule has 1 aliphatic rings. The van der Waals surface area contributed by atoms with Crippen molar-refractivity contribution in [2.45, 2.75) is 70.8 Å². The number of alkyl halides is 1. The first-order chi connectivity index (χ1) is 8.11. The lowest BCUT2D eigenvalue weighted by Gasteiger charge is -2.31. The van der Waals surface area contributed by atoms with Crippen LogP contribution in [0.15, 0.2) is 0 Å². The summed E-state index contributed by atoms with van der Waals surface area (Å²) >= 11 is 3.47. The molecular formula is C14H26BrNO. The number of carbonyl (C=O) groups excluding carboxylic acids is 1. The van der Waals surface area contributed by atoms with Gasteiger partial charge in [-0.3, -0.25) is 4.79 Å². The van der Waals surface area contributed by atoms with E-state index in [0.717, 1.165) is 31.0 Å². The molecule has 2 nitrogen and oxygen atoms in total. The van der Waals surface area contributed by atoms with Crippen LogP contribution in [0.3, 0.4) is 0 Å². The first kappa shape index (κ1) is 15.0. The van der Waals surface area contributed by atoms with Crippen LogP contribution in [0.5, 0.6) is 0 Å². The smallest absolute Gasteiger partial charge is 0.223 e. The monoisotopic (exact) mass is 303 g/mol. The molecule has 0 spiro atoms. The number of hydrogen-bond donors (Lipinski definition) is 1. The fourth-order valence-electron chi connectivity index (χ4n) is 2.48. The highest BCUT2D eigenvalue weighted by Gasteiger charge is 2.27. The molecule has 17 heavy (non-hydrogen) atoms. The predicted molar refractivity (Wildman–Crippen MR) is 76.4 cm³/mol. The van der Waals surface area contributed by atoms with Crippen LogP contribution in [0.1, 0.15) is 65.2 Å². The van der Waals surface area contributed by atoms with Gasteiger partial charge in [0.25, 0.3) is 0 Å². The van der Waals surface area contributed by atoms with Crippen molar-refractivity contribution in [3.63, 3.8) is 0 Å². The van der Waals surface area contributed by atoms with Gasteiger partial charge in [0.2, 0.25) is 5.91 Å². The van der Waals surface area contributed by atoms with Gasteiger partial charge < -0.3 is 5.32 Å². The van der Waals surface area contributed by atoms with Gasteiger partial charge in [0.05, 0.1) is 0 Å². The van der Waals surface area contributed by atoms with Crippen LogP contribution < -0.4 is 5.32 Å². The zero-order valence-corrected chi connectivity index (χ0v) is 12.8. The van der Waals surface area contributed by atoms with Crippen LogP contribution in [0.2, 0.25) is 0 Å². The van der Waals surface area contributed by atoms with Gasteiger partial charge in [-0.1, -0.05) is 48.5 Å². The summed E-state index contributed by atoms with van der Waals surface area (Å²) in [4.78, 5) is 12.3. The average molecular weight is 304 g/mol. The van der Waals surface area contributed by atoms with Crippen molar-refractivity contribution >= 4 is 21.8 Å². The predicted octanol–water partition coefficient (Wildman–Crippen LogP) is 4.03. The number of carbonyl (C=O) groups is 1. The molecule has 0 radical (unpaired) electrons. The second kappa shape index (κ2) is 7.40. The summed E-state index contributed by atoms with van der Waals surface area (Å²) in [5, 5.41) is 4.22. The molecule has 0 aromatic heterocycles. The van der Waals surface area contributed by atoms with E-state index < -0.39 is 0 Å². The van der Waals surface area contributed by atoms with Crippen molar-refractivity contribution in [1.29, 1.82) is 0 Å². The van der Waals surface area contributed by atoms with E-state index >= 15 is 0 Å². The van der Waals surface area contributed by atoms with E-state index in [1.807, 2.05) is 0 Å². The van der Waals surface area contributed by atoms with Gasteiger partial charge in [0.1, 0.15) is 0 Å². The SMILES string of the molecule is CCC(C)(CCBr)NC(=O)C1CCCCCC1. The number of nitrogens with one attached hydrogen (secondary N) is 1. The first-order valence-corrected chi connectivity index (χ1v) is 8.11. The van der Waals surface area contributed by atoms with Crippen LogP contribution in [0.4, 0.5) is 0 Å². The molecule has 1 aliphatic carbocycles. The first-order valence-electron chi connectivity index (χ1n) is 6.99. The topological polar surface area (TPSA) is 29.1 Å². The Balaban J connectivity index is 2.50. The standard InChI is InChI=1S/C14H26BrNO/c1-3-14(2,10-11-15)16-13(17)12-8-6-4-5-7-9-12/h12H,3-11H2,1-2H3,(H,16,17). The molecule has 0 heterocycles. The molecule has 0 aromatic carbocycles. The Morgan fingerprint density at radius 3 is 2.35 bits per heavy atom. The van der Waals surface area contributed by atoms with Crippen LogP contribution in [-0.4, -0.2) is 16.8 Å². The Labute approximate surface area is 114 Å². The fraction of sp³-hybridized carbons (Fsp3) is 0.929. The maximum absolute atomic E-state index is 12.3. The normalized spacial score (nSPS) is 21.6. The molecule has 0 saturated heterocycles. The second-order valence-corrected chi connectivity index (χ2v) is 6.32. The number of rotatable bonds is 5. The van der Waals surface area contributed by atoms with E-state index in [2.05, 4.69) is 35.1 Å². The maximum atomic E-state index is 12.3. The minimum absolute atomic E-state index is 0.0348. The molecule has 1 atom stereocenters. The Hall–Kier alpha value is -0.0500. The summed E-state index contributed by atoms with van der Waals surface area (Å²) in [5.41, 5.74) is -0.0348. The lowest BCUT2D eigenvalue weighted by atomic mass is 9.92. The third-order valence-corrected chi connectivity index (χ3v) is 4.47. The summed E-state index contributed by atoms with van der Waals surface area (Å²) in [7, 11) is 0. The van der Waals surface area contributed by atoms with Crippen molar-refractivity contribution < 1.29 is 4.79 Å². The van der Waals surface area contributed by atoms with Crippen molar-refractivity contribution in [1.82, 2.24) is 5.32 Å². The third-order valence-electron chi connectivity index (χ3n) is 4.08. The van der Waals surface area contributed by atoms with Crippen molar-refractivity contribution in [3.8, 4) is 0 Å². The zero-order valence-electron chi connectivity index (χ0n) is 11.2. The third kappa shape index (κ3) is 4.99. The summed E-state index contributed by atoms with van der Waals surface area (Å²) < 4.78 is 0.